The zero-order valence-electron chi connectivity index (χ0n) is 11.5. The Balaban J connectivity index is 3.01. The summed E-state index contributed by atoms with van der Waals surface area (Å²) in [6, 6.07) is 4.11. The van der Waals surface area contributed by atoms with Crippen molar-refractivity contribution in [2.75, 3.05) is 26.1 Å². The molecule has 0 spiro atoms. The maximum atomic E-state index is 12.3. The van der Waals surface area contributed by atoms with Crippen LogP contribution < -0.4 is 4.74 Å². The summed E-state index contributed by atoms with van der Waals surface area (Å²) >= 11 is 5.62. The predicted octanol–water partition coefficient (Wildman–Crippen LogP) is 2.69. The third-order valence-electron chi connectivity index (χ3n) is 2.85. The molecule has 0 bridgehead atoms. The first-order valence-electron chi connectivity index (χ1n) is 6.22. The minimum atomic E-state index is -0.543. The summed E-state index contributed by atoms with van der Waals surface area (Å²) in [5.41, 5.74) is 0.205. The van der Waals surface area contributed by atoms with Gasteiger partial charge in [0.15, 0.2) is 5.75 Å². The average Bonchev–Trinajstić information content (AvgIpc) is 2.46. The lowest BCUT2D eigenvalue weighted by molar-refractivity contribution is -0.385. The Morgan fingerprint density at radius 1 is 1.50 bits per heavy atom. The Bertz CT molecular complexity index is 493. The molecule has 110 valence electrons. The van der Waals surface area contributed by atoms with Crippen molar-refractivity contribution >= 4 is 23.2 Å². The fourth-order valence-corrected chi connectivity index (χ4v) is 1.92. The summed E-state index contributed by atoms with van der Waals surface area (Å²) in [6.07, 6.45) is 0.700. The summed E-state index contributed by atoms with van der Waals surface area (Å²) in [6.45, 7) is 2.97. The first-order valence-corrected chi connectivity index (χ1v) is 6.76. The third kappa shape index (κ3) is 3.84. The van der Waals surface area contributed by atoms with Gasteiger partial charge in [0.1, 0.15) is 0 Å². The number of alkyl halides is 1. The Morgan fingerprint density at radius 3 is 2.70 bits per heavy atom. The lowest BCUT2D eigenvalue weighted by atomic mass is 10.1. The van der Waals surface area contributed by atoms with E-state index < -0.39 is 4.92 Å². The van der Waals surface area contributed by atoms with E-state index >= 15 is 0 Å². The van der Waals surface area contributed by atoms with Crippen LogP contribution in [0.15, 0.2) is 18.2 Å². The number of halogens is 1. The maximum absolute atomic E-state index is 12.3. The minimum absolute atomic E-state index is 0.0780. The van der Waals surface area contributed by atoms with Crippen molar-refractivity contribution in [1.29, 1.82) is 0 Å². The van der Waals surface area contributed by atoms with Gasteiger partial charge in [-0.05, 0) is 19.4 Å². The van der Waals surface area contributed by atoms with E-state index in [0.29, 0.717) is 31.0 Å². The van der Waals surface area contributed by atoms with Gasteiger partial charge in [-0.1, -0.05) is 0 Å². The molecule has 0 saturated heterocycles. The first kappa shape index (κ1) is 16.2. The number of hydrogen-bond donors (Lipinski definition) is 0. The van der Waals surface area contributed by atoms with E-state index in [0.717, 1.165) is 0 Å². The molecule has 1 aromatic carbocycles. The Morgan fingerprint density at radius 2 is 2.20 bits per heavy atom. The molecule has 1 rings (SSSR count). The minimum Gasteiger partial charge on any atom is -0.490 e. The number of carbonyl (C=O) groups is 1. The van der Waals surface area contributed by atoms with Crippen LogP contribution in [-0.2, 0) is 0 Å². The quantitative estimate of drug-likeness (QED) is 0.441. The highest BCUT2D eigenvalue weighted by Gasteiger charge is 2.20. The standard InChI is InChI=1S/C13H17ClN2O4/c1-3-15(8-4-7-14)13(17)10-5-6-11(16(18)19)12(9-10)20-2/h5-6,9H,3-4,7-8H2,1-2H3. The number of benzene rings is 1. The van der Waals surface area contributed by atoms with Gasteiger partial charge in [-0.3, -0.25) is 14.9 Å². The molecule has 0 heterocycles. The molecule has 0 fully saturated rings. The molecule has 0 radical (unpaired) electrons. The van der Waals surface area contributed by atoms with E-state index in [9.17, 15) is 14.9 Å². The summed E-state index contributed by atoms with van der Waals surface area (Å²) in [5.74, 6) is 0.368. The molecule has 7 heteroatoms. The van der Waals surface area contributed by atoms with Crippen LogP contribution in [-0.4, -0.2) is 41.8 Å². The fourth-order valence-electron chi connectivity index (χ4n) is 1.80. The molecule has 0 saturated carbocycles. The second-order valence-corrected chi connectivity index (χ2v) is 4.45. The number of nitrogens with zero attached hydrogens (tertiary/aromatic N) is 2. The number of methoxy groups -OCH3 is 1. The molecular formula is C13H17ClN2O4. The number of hydrogen-bond acceptors (Lipinski definition) is 4. The second kappa shape index (κ2) is 7.69. The predicted molar refractivity (Wildman–Crippen MR) is 76.6 cm³/mol. The van der Waals surface area contributed by atoms with Crippen molar-refractivity contribution in [3.05, 3.63) is 33.9 Å². The van der Waals surface area contributed by atoms with Gasteiger partial charge in [-0.2, -0.15) is 0 Å². The lowest BCUT2D eigenvalue weighted by Gasteiger charge is -2.20. The van der Waals surface area contributed by atoms with Crippen LogP contribution in [0.25, 0.3) is 0 Å². The van der Waals surface area contributed by atoms with Crippen molar-refractivity contribution in [2.45, 2.75) is 13.3 Å². The monoisotopic (exact) mass is 300 g/mol. The van der Waals surface area contributed by atoms with Crippen LogP contribution in [0.2, 0.25) is 0 Å². The zero-order chi connectivity index (χ0) is 15.1. The maximum Gasteiger partial charge on any atom is 0.310 e. The molecule has 6 nitrogen and oxygen atoms in total. The van der Waals surface area contributed by atoms with Crippen molar-refractivity contribution in [1.82, 2.24) is 4.90 Å². The van der Waals surface area contributed by atoms with Crippen LogP contribution >= 0.6 is 11.6 Å². The summed E-state index contributed by atoms with van der Waals surface area (Å²) < 4.78 is 4.96. The number of rotatable bonds is 7. The highest BCUT2D eigenvalue weighted by Crippen LogP contribution is 2.28. The molecule has 20 heavy (non-hydrogen) atoms. The average molecular weight is 301 g/mol. The largest absolute Gasteiger partial charge is 0.490 e. The van der Waals surface area contributed by atoms with Crippen LogP contribution in [0.3, 0.4) is 0 Å². The molecular weight excluding hydrogens is 284 g/mol. The van der Waals surface area contributed by atoms with Gasteiger partial charge in [0.05, 0.1) is 12.0 Å². The van der Waals surface area contributed by atoms with Gasteiger partial charge in [0.2, 0.25) is 0 Å². The van der Waals surface area contributed by atoms with Crippen molar-refractivity contribution in [2.24, 2.45) is 0 Å². The van der Waals surface area contributed by atoms with E-state index in [1.807, 2.05) is 6.92 Å². The van der Waals surface area contributed by atoms with Crippen molar-refractivity contribution < 1.29 is 14.5 Å². The van der Waals surface area contributed by atoms with Crippen LogP contribution in [0.5, 0.6) is 5.75 Å². The molecule has 0 aliphatic heterocycles. The Hall–Kier alpha value is -1.82. The lowest BCUT2D eigenvalue weighted by Crippen LogP contribution is -2.32. The van der Waals surface area contributed by atoms with Crippen LogP contribution in [0.4, 0.5) is 5.69 Å². The third-order valence-corrected chi connectivity index (χ3v) is 3.12. The van der Waals surface area contributed by atoms with E-state index in [1.54, 1.807) is 4.90 Å². The SMILES string of the molecule is CCN(CCCCl)C(=O)c1ccc([N+](=O)[O-])c(OC)c1. The Kier molecular flexibility index (Phi) is 6.24. The highest BCUT2D eigenvalue weighted by atomic mass is 35.5. The van der Waals surface area contributed by atoms with Gasteiger partial charge in [-0.15, -0.1) is 11.6 Å². The van der Waals surface area contributed by atoms with Crippen LogP contribution in [0.1, 0.15) is 23.7 Å². The normalized spacial score (nSPS) is 10.2. The van der Waals surface area contributed by atoms with Gasteiger partial charge >= 0.3 is 5.69 Å². The van der Waals surface area contributed by atoms with Crippen molar-refractivity contribution in [3.63, 3.8) is 0 Å². The van der Waals surface area contributed by atoms with Gasteiger partial charge in [0, 0.05) is 36.7 Å². The topological polar surface area (TPSA) is 72.7 Å². The molecule has 0 aromatic heterocycles. The molecule has 0 atom stereocenters. The molecule has 0 aliphatic rings. The van der Waals surface area contributed by atoms with Gasteiger partial charge in [-0.25, -0.2) is 0 Å². The Labute approximate surface area is 122 Å². The highest BCUT2D eigenvalue weighted by molar-refractivity contribution is 6.17. The number of carbonyl (C=O) groups excluding carboxylic acids is 1. The van der Waals surface area contributed by atoms with E-state index in [1.165, 1.54) is 25.3 Å². The van der Waals surface area contributed by atoms with E-state index in [2.05, 4.69) is 0 Å². The first-order chi connectivity index (χ1) is 9.54. The van der Waals surface area contributed by atoms with Gasteiger partial charge in [0.25, 0.3) is 5.91 Å². The van der Waals surface area contributed by atoms with Crippen LogP contribution in [0, 0.1) is 10.1 Å². The van der Waals surface area contributed by atoms with E-state index in [4.69, 9.17) is 16.3 Å². The number of ether oxygens (including phenoxy) is 1. The summed E-state index contributed by atoms with van der Waals surface area (Å²) in [5, 5.41) is 10.8. The molecule has 0 unspecified atom stereocenters. The zero-order valence-corrected chi connectivity index (χ0v) is 12.2. The molecule has 1 aromatic rings. The van der Waals surface area contributed by atoms with Gasteiger partial charge < -0.3 is 9.64 Å². The fraction of sp³-hybridized carbons (Fsp3) is 0.462. The number of nitro groups is 1. The summed E-state index contributed by atoms with van der Waals surface area (Å²) in [4.78, 5) is 24.2. The van der Waals surface area contributed by atoms with E-state index in [-0.39, 0.29) is 17.3 Å². The summed E-state index contributed by atoms with van der Waals surface area (Å²) in [7, 11) is 1.33. The molecule has 0 N–H and O–H groups in total. The van der Waals surface area contributed by atoms with Crippen molar-refractivity contribution in [3.8, 4) is 5.75 Å². The number of nitro benzene ring substituents is 1. The smallest absolute Gasteiger partial charge is 0.310 e. The number of amides is 1. The second-order valence-electron chi connectivity index (χ2n) is 4.07. The molecule has 0 aliphatic carbocycles. The molecule has 1 amide bonds.